The number of ether oxygens (including phenoxy) is 1. The molecule has 1 aromatic heterocycles. The molecule has 2 aromatic rings. The van der Waals surface area contributed by atoms with Crippen LogP contribution in [0.3, 0.4) is 0 Å². The van der Waals surface area contributed by atoms with Crippen molar-refractivity contribution in [3.8, 4) is 0 Å². The van der Waals surface area contributed by atoms with Gasteiger partial charge in [0, 0.05) is 41.2 Å². The second kappa shape index (κ2) is 9.39. The average molecular weight is 349 g/mol. The molecule has 1 atom stereocenters. The Morgan fingerprint density at radius 1 is 1.39 bits per heavy atom. The minimum Gasteiger partial charge on any atom is -0.384 e. The Morgan fingerprint density at radius 2 is 2.26 bits per heavy atom. The number of thiophene rings is 1. The van der Waals surface area contributed by atoms with Crippen LogP contribution in [0, 0.1) is 0 Å². The van der Waals surface area contributed by atoms with E-state index in [1.54, 1.807) is 24.5 Å². The van der Waals surface area contributed by atoms with E-state index in [0.717, 1.165) is 11.1 Å². The molecule has 0 bridgehead atoms. The van der Waals surface area contributed by atoms with Gasteiger partial charge in [-0.1, -0.05) is 12.1 Å². The van der Waals surface area contributed by atoms with Crippen molar-refractivity contribution in [2.75, 3.05) is 24.8 Å². The number of carbonyl (C=O) groups is 1. The zero-order valence-electron chi connectivity index (χ0n) is 12.9. The van der Waals surface area contributed by atoms with Crippen molar-refractivity contribution >= 4 is 39.8 Å². The number of amides is 1. The Morgan fingerprint density at radius 3 is 3.00 bits per heavy atom. The summed E-state index contributed by atoms with van der Waals surface area (Å²) in [7, 11) is 0.628. The van der Waals surface area contributed by atoms with Crippen molar-refractivity contribution in [3.63, 3.8) is 0 Å². The number of anilines is 1. The molecule has 1 heterocycles. The Balaban J connectivity index is 1.91. The predicted octanol–water partition coefficient (Wildman–Crippen LogP) is 3.30. The van der Waals surface area contributed by atoms with Gasteiger partial charge in [0.1, 0.15) is 0 Å². The lowest BCUT2D eigenvalue weighted by Gasteiger charge is -2.06. The van der Waals surface area contributed by atoms with Crippen molar-refractivity contribution in [1.82, 2.24) is 0 Å². The zero-order chi connectivity index (χ0) is 16.5. The molecule has 2 rings (SSSR count). The number of methoxy groups -OCH3 is 1. The lowest BCUT2D eigenvalue weighted by Crippen LogP contribution is -2.09. The lowest BCUT2D eigenvalue weighted by molar-refractivity contribution is -0.111. The van der Waals surface area contributed by atoms with Crippen LogP contribution >= 0.6 is 11.3 Å². The molecule has 6 heteroatoms. The third-order valence-corrected chi connectivity index (χ3v) is 4.99. The van der Waals surface area contributed by atoms with E-state index in [1.807, 2.05) is 41.1 Å². The van der Waals surface area contributed by atoms with E-state index in [9.17, 15) is 9.00 Å². The van der Waals surface area contributed by atoms with Gasteiger partial charge in [0.25, 0.3) is 0 Å². The van der Waals surface area contributed by atoms with Crippen molar-refractivity contribution in [2.24, 2.45) is 0 Å². The maximum atomic E-state index is 11.9. The SMILES string of the molecule is COCCS(=O)Cc1cccc(NC(=O)C=Cc2ccsc2)c1. The van der Waals surface area contributed by atoms with Crippen LogP contribution < -0.4 is 5.32 Å². The number of nitrogens with one attached hydrogen (secondary N) is 1. The molecule has 0 spiro atoms. The van der Waals surface area contributed by atoms with Crippen LogP contribution in [0.5, 0.6) is 0 Å². The van der Waals surface area contributed by atoms with Crippen LogP contribution in [0.25, 0.3) is 6.08 Å². The highest BCUT2D eigenvalue weighted by Crippen LogP contribution is 2.13. The van der Waals surface area contributed by atoms with Gasteiger partial charge < -0.3 is 10.1 Å². The van der Waals surface area contributed by atoms with Gasteiger partial charge in [-0.3, -0.25) is 9.00 Å². The first-order valence-corrected chi connectivity index (χ1v) is 9.54. The summed E-state index contributed by atoms with van der Waals surface area (Å²) >= 11 is 1.59. The molecule has 1 amide bonds. The minimum atomic E-state index is -0.966. The molecule has 122 valence electrons. The Bertz CT molecular complexity index is 681. The summed E-state index contributed by atoms with van der Waals surface area (Å²) in [6, 6.07) is 9.37. The fourth-order valence-electron chi connectivity index (χ4n) is 1.90. The van der Waals surface area contributed by atoms with E-state index >= 15 is 0 Å². The molecular formula is C17H19NO3S2. The largest absolute Gasteiger partial charge is 0.384 e. The van der Waals surface area contributed by atoms with Gasteiger partial charge >= 0.3 is 0 Å². The summed E-state index contributed by atoms with van der Waals surface area (Å²) in [6.07, 6.45) is 3.28. The topological polar surface area (TPSA) is 55.4 Å². The molecule has 0 saturated carbocycles. The standard InChI is InChI=1S/C17H19NO3S2/c1-21-8-10-23(20)13-15-3-2-4-16(11-15)18-17(19)6-5-14-7-9-22-12-14/h2-7,9,11-12H,8,10,13H2,1H3,(H,18,19). The molecule has 0 radical (unpaired) electrons. The molecule has 0 aliphatic rings. The van der Waals surface area contributed by atoms with Crippen molar-refractivity contribution in [3.05, 3.63) is 58.3 Å². The first-order chi connectivity index (χ1) is 11.2. The van der Waals surface area contributed by atoms with Crippen molar-refractivity contribution < 1.29 is 13.7 Å². The molecule has 0 aliphatic carbocycles. The minimum absolute atomic E-state index is 0.186. The Hall–Kier alpha value is -1.76. The van der Waals surface area contributed by atoms with Crippen LogP contribution in [0.1, 0.15) is 11.1 Å². The van der Waals surface area contributed by atoms with Crippen molar-refractivity contribution in [2.45, 2.75) is 5.75 Å². The van der Waals surface area contributed by atoms with Gasteiger partial charge in [-0.2, -0.15) is 11.3 Å². The predicted molar refractivity (Wildman–Crippen MR) is 97.0 cm³/mol. The fourth-order valence-corrected chi connectivity index (χ4v) is 3.58. The molecule has 23 heavy (non-hydrogen) atoms. The van der Waals surface area contributed by atoms with Crippen LogP contribution in [0.2, 0.25) is 0 Å². The molecule has 1 N–H and O–H groups in total. The number of rotatable bonds is 8. The molecular weight excluding hydrogens is 330 g/mol. The summed E-state index contributed by atoms with van der Waals surface area (Å²) < 4.78 is 16.8. The van der Waals surface area contributed by atoms with E-state index in [4.69, 9.17) is 4.74 Å². The van der Waals surface area contributed by atoms with E-state index in [1.165, 1.54) is 6.08 Å². The second-order valence-corrected chi connectivity index (χ2v) is 7.22. The van der Waals surface area contributed by atoms with E-state index in [-0.39, 0.29) is 5.91 Å². The Labute approximate surface area is 142 Å². The third-order valence-electron chi connectivity index (χ3n) is 3.01. The maximum absolute atomic E-state index is 11.9. The molecule has 0 fully saturated rings. The monoisotopic (exact) mass is 349 g/mol. The summed E-state index contributed by atoms with van der Waals surface area (Å²) in [5, 5.41) is 6.75. The van der Waals surface area contributed by atoms with Crippen molar-refractivity contribution in [1.29, 1.82) is 0 Å². The summed E-state index contributed by atoms with van der Waals surface area (Å²) in [5.74, 6) is 0.780. The van der Waals surface area contributed by atoms with E-state index in [2.05, 4.69) is 5.32 Å². The quantitative estimate of drug-likeness (QED) is 0.744. The second-order valence-electron chi connectivity index (χ2n) is 4.86. The van der Waals surface area contributed by atoms with Gasteiger partial charge in [-0.25, -0.2) is 0 Å². The van der Waals surface area contributed by atoms with Crippen LogP contribution in [0.15, 0.2) is 47.2 Å². The normalized spacial score (nSPS) is 12.4. The summed E-state index contributed by atoms with van der Waals surface area (Å²) in [4.78, 5) is 11.9. The highest BCUT2D eigenvalue weighted by atomic mass is 32.2. The summed E-state index contributed by atoms with van der Waals surface area (Å²) in [6.45, 7) is 0.483. The number of carbonyl (C=O) groups excluding carboxylic acids is 1. The maximum Gasteiger partial charge on any atom is 0.248 e. The first kappa shape index (κ1) is 17.6. The molecule has 0 aliphatic heterocycles. The van der Waals surface area contributed by atoms with Gasteiger partial charge in [0.15, 0.2) is 0 Å². The van der Waals surface area contributed by atoms with Crippen LogP contribution in [-0.4, -0.2) is 29.6 Å². The van der Waals surface area contributed by atoms with E-state index < -0.39 is 10.8 Å². The molecule has 1 unspecified atom stereocenters. The summed E-state index contributed by atoms with van der Waals surface area (Å²) in [5.41, 5.74) is 2.64. The Kier molecular flexibility index (Phi) is 7.19. The number of hydrogen-bond acceptors (Lipinski definition) is 4. The van der Waals surface area contributed by atoms with Crippen LogP contribution in [-0.2, 0) is 26.1 Å². The van der Waals surface area contributed by atoms with E-state index in [0.29, 0.717) is 23.8 Å². The first-order valence-electron chi connectivity index (χ1n) is 7.11. The highest BCUT2D eigenvalue weighted by Gasteiger charge is 2.04. The lowest BCUT2D eigenvalue weighted by atomic mass is 10.2. The third kappa shape index (κ3) is 6.48. The van der Waals surface area contributed by atoms with Gasteiger partial charge in [-0.05, 0) is 46.2 Å². The molecule has 0 saturated heterocycles. The number of hydrogen-bond donors (Lipinski definition) is 1. The highest BCUT2D eigenvalue weighted by molar-refractivity contribution is 7.84. The number of benzene rings is 1. The molecule has 4 nitrogen and oxygen atoms in total. The zero-order valence-corrected chi connectivity index (χ0v) is 14.5. The fraction of sp³-hybridized carbons (Fsp3) is 0.235. The van der Waals surface area contributed by atoms with Gasteiger partial charge in [-0.15, -0.1) is 0 Å². The molecule has 1 aromatic carbocycles. The van der Waals surface area contributed by atoms with Gasteiger partial charge in [0.05, 0.1) is 6.61 Å². The van der Waals surface area contributed by atoms with Gasteiger partial charge in [0.2, 0.25) is 5.91 Å². The average Bonchev–Trinajstić information content (AvgIpc) is 3.05. The smallest absolute Gasteiger partial charge is 0.248 e. The van der Waals surface area contributed by atoms with Crippen LogP contribution in [0.4, 0.5) is 5.69 Å².